The first kappa shape index (κ1) is 8.91. The lowest BCUT2D eigenvalue weighted by Gasteiger charge is -1.97. The predicted octanol–water partition coefficient (Wildman–Crippen LogP) is 0.150. The summed E-state index contributed by atoms with van der Waals surface area (Å²) in [6, 6.07) is 0. The summed E-state index contributed by atoms with van der Waals surface area (Å²) in [7, 11) is -2.97. The maximum absolute atomic E-state index is 10.4. The highest BCUT2D eigenvalue weighted by Crippen LogP contribution is 1.83. The lowest BCUT2D eigenvalue weighted by atomic mass is 10.3. The summed E-state index contributed by atoms with van der Waals surface area (Å²) in [6.07, 6.45) is 2.71. The Balaban J connectivity index is 3.30. The second-order valence-corrected chi connectivity index (χ2v) is 3.71. The molecule has 0 atom stereocenters. The van der Waals surface area contributed by atoms with Gasteiger partial charge in [0.25, 0.3) is 0 Å². The second kappa shape index (κ2) is 3.85. The Kier molecular flexibility index (Phi) is 3.81. The van der Waals surface area contributed by atoms with Gasteiger partial charge in [0.2, 0.25) is 10.0 Å². The maximum Gasteiger partial charge on any atom is 0.208 e. The molecule has 0 fully saturated rings. The summed E-state index contributed by atoms with van der Waals surface area (Å²) in [5, 5.41) is 0. The predicted molar refractivity (Wildman–Crippen MR) is 37.4 cm³/mol. The molecule has 0 saturated carbocycles. The standard InChI is InChI=1S/C5H12NO2S/c1-3-4-5-6-9(2,7)8/h6H,1,3-5H2,2H3. The Morgan fingerprint density at radius 1 is 1.56 bits per heavy atom. The molecule has 0 bridgehead atoms. The van der Waals surface area contributed by atoms with E-state index >= 15 is 0 Å². The third kappa shape index (κ3) is 7.91. The molecule has 0 aromatic rings. The molecule has 0 unspecified atom stereocenters. The van der Waals surface area contributed by atoms with E-state index in [0.717, 1.165) is 19.1 Å². The smallest absolute Gasteiger partial charge is 0.208 e. The summed E-state index contributed by atoms with van der Waals surface area (Å²) >= 11 is 0. The molecule has 3 nitrogen and oxygen atoms in total. The first-order valence-electron chi connectivity index (χ1n) is 2.80. The van der Waals surface area contributed by atoms with E-state index < -0.39 is 10.0 Å². The van der Waals surface area contributed by atoms with Gasteiger partial charge in [-0.15, -0.1) is 0 Å². The second-order valence-electron chi connectivity index (χ2n) is 1.87. The van der Waals surface area contributed by atoms with Crippen LogP contribution in [-0.2, 0) is 10.0 Å². The third-order valence-electron chi connectivity index (χ3n) is 0.791. The molecule has 0 aliphatic carbocycles. The molecule has 0 aromatic carbocycles. The van der Waals surface area contributed by atoms with E-state index in [2.05, 4.69) is 11.6 Å². The van der Waals surface area contributed by atoms with E-state index in [0.29, 0.717) is 6.54 Å². The number of hydrogen-bond acceptors (Lipinski definition) is 2. The minimum Gasteiger partial charge on any atom is -0.215 e. The molecule has 1 radical (unpaired) electrons. The van der Waals surface area contributed by atoms with Gasteiger partial charge in [0, 0.05) is 6.54 Å². The summed E-state index contributed by atoms with van der Waals surface area (Å²) < 4.78 is 23.1. The highest BCUT2D eigenvalue weighted by molar-refractivity contribution is 7.88. The first-order valence-corrected chi connectivity index (χ1v) is 4.69. The Bertz CT molecular complexity index is 150. The van der Waals surface area contributed by atoms with E-state index in [1.807, 2.05) is 0 Å². The summed E-state index contributed by atoms with van der Waals surface area (Å²) in [4.78, 5) is 0. The van der Waals surface area contributed by atoms with Crippen LogP contribution in [0, 0.1) is 6.92 Å². The number of hydrogen-bond donors (Lipinski definition) is 1. The van der Waals surface area contributed by atoms with E-state index in [1.165, 1.54) is 0 Å². The molecule has 0 aromatic heterocycles. The molecule has 0 aliphatic rings. The Morgan fingerprint density at radius 3 is 2.44 bits per heavy atom. The SMILES string of the molecule is [CH2]CCCNS(C)(=O)=O. The van der Waals surface area contributed by atoms with Crippen LogP contribution in [0.1, 0.15) is 12.8 Å². The average molecular weight is 150 g/mol. The minimum atomic E-state index is -2.97. The molecule has 0 spiro atoms. The van der Waals surface area contributed by atoms with Crippen molar-refractivity contribution in [3.05, 3.63) is 6.92 Å². The van der Waals surface area contributed by atoms with Crippen LogP contribution >= 0.6 is 0 Å². The lowest BCUT2D eigenvalue weighted by molar-refractivity contribution is 0.585. The van der Waals surface area contributed by atoms with E-state index in [-0.39, 0.29) is 0 Å². The van der Waals surface area contributed by atoms with E-state index in [9.17, 15) is 8.42 Å². The normalized spacial score (nSPS) is 11.8. The van der Waals surface area contributed by atoms with Gasteiger partial charge in [0.1, 0.15) is 0 Å². The van der Waals surface area contributed by atoms with E-state index in [4.69, 9.17) is 0 Å². The summed E-state index contributed by atoms with van der Waals surface area (Å²) in [5.74, 6) is 0. The minimum absolute atomic E-state index is 0.502. The van der Waals surface area contributed by atoms with Crippen LogP contribution in [-0.4, -0.2) is 21.2 Å². The van der Waals surface area contributed by atoms with E-state index in [1.54, 1.807) is 0 Å². The molecule has 4 heteroatoms. The zero-order chi connectivity index (χ0) is 7.33. The fourth-order valence-corrected chi connectivity index (χ4v) is 0.898. The van der Waals surface area contributed by atoms with Crippen LogP contribution in [0.5, 0.6) is 0 Å². The maximum atomic E-state index is 10.4. The van der Waals surface area contributed by atoms with Crippen molar-refractivity contribution < 1.29 is 8.42 Å². The van der Waals surface area contributed by atoms with Gasteiger partial charge < -0.3 is 0 Å². The molecule has 0 rings (SSSR count). The van der Waals surface area contributed by atoms with Crippen molar-refractivity contribution in [3.8, 4) is 0 Å². The highest BCUT2D eigenvalue weighted by Gasteiger charge is 1.96. The quantitative estimate of drug-likeness (QED) is 0.580. The van der Waals surface area contributed by atoms with Gasteiger partial charge in [-0.05, 0) is 6.42 Å². The van der Waals surface area contributed by atoms with Crippen LogP contribution in [0.25, 0.3) is 0 Å². The van der Waals surface area contributed by atoms with Crippen LogP contribution in [0.3, 0.4) is 0 Å². The van der Waals surface area contributed by atoms with Gasteiger partial charge in [-0.3, -0.25) is 0 Å². The Morgan fingerprint density at radius 2 is 2.11 bits per heavy atom. The molecular weight excluding hydrogens is 138 g/mol. The zero-order valence-corrected chi connectivity index (χ0v) is 6.37. The van der Waals surface area contributed by atoms with Crippen LogP contribution < -0.4 is 4.72 Å². The Hall–Kier alpha value is -0.0900. The van der Waals surface area contributed by atoms with Crippen molar-refractivity contribution in [1.82, 2.24) is 4.72 Å². The fourth-order valence-electron chi connectivity index (χ4n) is 0.383. The monoisotopic (exact) mass is 150 g/mol. The van der Waals surface area contributed by atoms with Crippen molar-refractivity contribution in [2.45, 2.75) is 12.8 Å². The van der Waals surface area contributed by atoms with Gasteiger partial charge in [-0.1, -0.05) is 13.3 Å². The third-order valence-corrected chi connectivity index (χ3v) is 1.52. The van der Waals surface area contributed by atoms with Crippen molar-refractivity contribution in [1.29, 1.82) is 0 Å². The van der Waals surface area contributed by atoms with Gasteiger partial charge in [0.15, 0.2) is 0 Å². The highest BCUT2D eigenvalue weighted by atomic mass is 32.2. The molecule has 9 heavy (non-hydrogen) atoms. The van der Waals surface area contributed by atoms with Crippen molar-refractivity contribution in [3.63, 3.8) is 0 Å². The molecule has 1 N–H and O–H groups in total. The van der Waals surface area contributed by atoms with Gasteiger partial charge in [0.05, 0.1) is 6.26 Å². The van der Waals surface area contributed by atoms with Gasteiger partial charge in [-0.2, -0.15) is 0 Å². The van der Waals surface area contributed by atoms with Crippen LogP contribution in [0.4, 0.5) is 0 Å². The summed E-state index contributed by atoms with van der Waals surface area (Å²) in [5.41, 5.74) is 0. The zero-order valence-electron chi connectivity index (χ0n) is 5.55. The number of sulfonamides is 1. The summed E-state index contributed by atoms with van der Waals surface area (Å²) in [6.45, 7) is 4.07. The van der Waals surface area contributed by atoms with Crippen molar-refractivity contribution in [2.24, 2.45) is 0 Å². The largest absolute Gasteiger partial charge is 0.215 e. The van der Waals surface area contributed by atoms with Crippen LogP contribution in [0.15, 0.2) is 0 Å². The number of rotatable bonds is 4. The Labute approximate surface area is 56.5 Å². The van der Waals surface area contributed by atoms with Gasteiger partial charge in [-0.25, -0.2) is 13.1 Å². The molecule has 0 amide bonds. The molecule has 0 heterocycles. The van der Waals surface area contributed by atoms with Crippen molar-refractivity contribution >= 4 is 10.0 Å². The van der Waals surface area contributed by atoms with Crippen molar-refractivity contribution in [2.75, 3.05) is 12.8 Å². The number of nitrogens with one attached hydrogen (secondary N) is 1. The van der Waals surface area contributed by atoms with Gasteiger partial charge >= 0.3 is 0 Å². The molecule has 55 valence electrons. The number of unbranched alkanes of at least 4 members (excludes halogenated alkanes) is 1. The van der Waals surface area contributed by atoms with Crippen LogP contribution in [0.2, 0.25) is 0 Å². The first-order chi connectivity index (χ1) is 4.06. The molecule has 0 saturated heterocycles. The fraction of sp³-hybridized carbons (Fsp3) is 0.800. The lowest BCUT2D eigenvalue weighted by Crippen LogP contribution is -2.22. The molecule has 0 aliphatic heterocycles. The molecular formula is C5H12NO2S. The average Bonchev–Trinajstić information content (AvgIpc) is 1.63. The topological polar surface area (TPSA) is 46.2 Å².